The van der Waals surface area contributed by atoms with E-state index >= 15 is 0 Å². The summed E-state index contributed by atoms with van der Waals surface area (Å²) in [6.07, 6.45) is 2.58. The predicted octanol–water partition coefficient (Wildman–Crippen LogP) is -3.51. The van der Waals surface area contributed by atoms with Gasteiger partial charge in [0.05, 0.1) is 8.07 Å². The van der Waals surface area contributed by atoms with Crippen LogP contribution in [-0.2, 0) is 21.7 Å². The fourth-order valence-electron chi connectivity index (χ4n) is 4.34. The van der Waals surface area contributed by atoms with Crippen molar-refractivity contribution >= 4 is 29.2 Å². The van der Waals surface area contributed by atoms with Gasteiger partial charge in [-0.2, -0.15) is 6.07 Å². The summed E-state index contributed by atoms with van der Waals surface area (Å²) in [5.41, 5.74) is 4.28. The number of rotatable bonds is 5. The Morgan fingerprint density at radius 3 is 2.00 bits per heavy atom. The monoisotopic (exact) mass is 486 g/mol. The van der Waals surface area contributed by atoms with E-state index in [2.05, 4.69) is 82.8 Å². The third-order valence-electron chi connectivity index (χ3n) is 5.44. The van der Waals surface area contributed by atoms with Crippen LogP contribution < -0.4 is 47.6 Å². The maximum Gasteiger partial charge on any atom is 4.00 e. The Hall–Kier alpha value is -0.149. The van der Waals surface area contributed by atoms with Gasteiger partial charge in [-0.05, 0) is 13.8 Å². The first-order chi connectivity index (χ1) is 11.5. The summed E-state index contributed by atoms with van der Waals surface area (Å²) >= 11 is 0. The molecule has 0 heterocycles. The molecule has 3 rings (SSSR count). The van der Waals surface area contributed by atoms with Crippen molar-refractivity contribution in [1.29, 1.82) is 0 Å². The van der Waals surface area contributed by atoms with E-state index in [1.807, 2.05) is 0 Å². The van der Waals surface area contributed by atoms with Gasteiger partial charge in [-0.3, -0.25) is 0 Å². The summed E-state index contributed by atoms with van der Waals surface area (Å²) in [6, 6.07) is 19.9. The second kappa shape index (κ2) is 12.5. The van der Waals surface area contributed by atoms with E-state index in [9.17, 15) is 0 Å². The molecule has 0 saturated heterocycles. The first-order valence-electron chi connectivity index (χ1n) is 9.20. The van der Waals surface area contributed by atoms with Gasteiger partial charge in [0, 0.05) is 0 Å². The minimum absolute atomic E-state index is 0. The van der Waals surface area contributed by atoms with Crippen molar-refractivity contribution in [2.75, 3.05) is 0 Å². The van der Waals surface area contributed by atoms with Gasteiger partial charge in [-0.15, -0.1) is 39.7 Å². The summed E-state index contributed by atoms with van der Waals surface area (Å²) in [7, 11) is -1.74. The summed E-state index contributed by atoms with van der Waals surface area (Å²) < 4.78 is 0. The van der Waals surface area contributed by atoms with Crippen LogP contribution in [0.25, 0.3) is 10.8 Å². The fourth-order valence-corrected chi connectivity index (χ4v) is 9.08. The molecule has 0 saturated carbocycles. The standard InChI is InChI=1S/C23H29Si.3ClH.Ti/c1-6-7-12-24(5,21-14-17(2)13-18(3)15-21)23-19(4)16-20-10-8-9-11-22(20)23;;;;/h8-11,13-16H,6-7,12H2,1-5H3;3*1H;/q-1;;;;+4/p-3. The SMILES string of the molecule is CCCC[Si](C)(c1cc(C)cc(C)c1)[c-]1c(C)cc2ccccc21.[Cl-].[Cl-].[Cl-].[Ti+4]. The third kappa shape index (κ3) is 5.94. The molecule has 0 N–H and O–H groups in total. The minimum Gasteiger partial charge on any atom is -1.00 e. The first-order valence-corrected chi connectivity index (χ1v) is 11.9. The summed E-state index contributed by atoms with van der Waals surface area (Å²) in [5.74, 6) is 0. The Balaban J connectivity index is 0. The normalized spacial score (nSPS) is 12.0. The Morgan fingerprint density at radius 1 is 0.857 bits per heavy atom. The molecule has 0 nitrogen and oxygen atoms in total. The molecule has 28 heavy (non-hydrogen) atoms. The second-order valence-electron chi connectivity index (χ2n) is 7.60. The molecular formula is C23H29Cl3SiTi. The number of hydrogen-bond acceptors (Lipinski definition) is 0. The molecule has 5 heteroatoms. The van der Waals surface area contributed by atoms with E-state index in [4.69, 9.17) is 0 Å². The fraction of sp³-hybridized carbons (Fsp3) is 0.348. The van der Waals surface area contributed by atoms with Gasteiger partial charge in [-0.1, -0.05) is 79.9 Å². The van der Waals surface area contributed by atoms with Crippen LogP contribution >= 0.6 is 0 Å². The van der Waals surface area contributed by atoms with E-state index in [1.54, 1.807) is 10.4 Å². The van der Waals surface area contributed by atoms with E-state index in [-0.39, 0.29) is 58.9 Å². The zero-order chi connectivity index (χ0) is 17.3. The summed E-state index contributed by atoms with van der Waals surface area (Å²) in [5, 5.41) is 6.16. The summed E-state index contributed by atoms with van der Waals surface area (Å²) in [6.45, 7) is 11.7. The van der Waals surface area contributed by atoms with Gasteiger partial charge in [0.25, 0.3) is 0 Å². The van der Waals surface area contributed by atoms with Crippen LogP contribution in [0.4, 0.5) is 0 Å². The zero-order valence-electron chi connectivity index (χ0n) is 17.4. The number of hydrogen-bond donors (Lipinski definition) is 0. The molecule has 0 aromatic heterocycles. The van der Waals surface area contributed by atoms with Crippen LogP contribution in [0.1, 0.15) is 36.5 Å². The average Bonchev–Trinajstić information content (AvgIpc) is 2.88. The van der Waals surface area contributed by atoms with Gasteiger partial charge in [0.2, 0.25) is 0 Å². The molecule has 150 valence electrons. The van der Waals surface area contributed by atoms with Crippen molar-refractivity contribution in [1.82, 2.24) is 0 Å². The van der Waals surface area contributed by atoms with Crippen LogP contribution in [-0.4, -0.2) is 8.07 Å². The topological polar surface area (TPSA) is 0 Å². The van der Waals surface area contributed by atoms with Crippen molar-refractivity contribution in [3.63, 3.8) is 0 Å². The summed E-state index contributed by atoms with van der Waals surface area (Å²) in [4.78, 5) is 0. The van der Waals surface area contributed by atoms with Crippen molar-refractivity contribution in [3.05, 3.63) is 65.2 Å². The number of fused-ring (bicyclic) bond motifs is 1. The maximum atomic E-state index is 2.59. The molecule has 3 aromatic carbocycles. The molecule has 3 aromatic rings. The molecule has 0 aliphatic heterocycles. The van der Waals surface area contributed by atoms with Gasteiger partial charge in [-0.25, -0.2) is 0 Å². The smallest absolute Gasteiger partial charge is 1.00 e. The average molecular weight is 488 g/mol. The molecule has 0 bridgehead atoms. The van der Waals surface area contributed by atoms with Crippen molar-refractivity contribution < 1.29 is 58.9 Å². The predicted molar refractivity (Wildman–Crippen MR) is 111 cm³/mol. The van der Waals surface area contributed by atoms with E-state index < -0.39 is 8.07 Å². The third-order valence-corrected chi connectivity index (χ3v) is 10.1. The van der Waals surface area contributed by atoms with Gasteiger partial charge >= 0.3 is 21.7 Å². The van der Waals surface area contributed by atoms with Gasteiger partial charge in [0.1, 0.15) is 0 Å². The van der Waals surface area contributed by atoms with Crippen LogP contribution in [0.15, 0.2) is 48.5 Å². The van der Waals surface area contributed by atoms with Crippen molar-refractivity contribution in [2.24, 2.45) is 0 Å². The van der Waals surface area contributed by atoms with E-state index in [0.29, 0.717) is 0 Å². The number of benzene rings is 2. The van der Waals surface area contributed by atoms with E-state index in [0.717, 1.165) is 0 Å². The van der Waals surface area contributed by atoms with Crippen LogP contribution in [0, 0.1) is 20.8 Å². The molecule has 0 fully saturated rings. The minimum atomic E-state index is -1.74. The molecule has 1 unspecified atom stereocenters. The van der Waals surface area contributed by atoms with Crippen molar-refractivity contribution in [2.45, 2.75) is 53.1 Å². The number of halogens is 3. The Labute approximate surface area is 205 Å². The molecule has 0 spiro atoms. The van der Waals surface area contributed by atoms with Crippen LogP contribution in [0.5, 0.6) is 0 Å². The largest absolute Gasteiger partial charge is 4.00 e. The molecule has 0 radical (unpaired) electrons. The Bertz CT molecular complexity index is 855. The number of unbranched alkanes of at least 4 members (excludes halogenated alkanes) is 1. The van der Waals surface area contributed by atoms with Crippen molar-refractivity contribution in [3.8, 4) is 0 Å². The van der Waals surface area contributed by atoms with E-state index in [1.165, 1.54) is 46.3 Å². The first kappa shape index (κ1) is 30.0. The molecule has 1 atom stereocenters. The Kier molecular flexibility index (Phi) is 13.4. The second-order valence-corrected chi connectivity index (χ2v) is 11.8. The zero-order valence-corrected chi connectivity index (χ0v) is 22.2. The molecular weight excluding hydrogens is 459 g/mol. The number of aryl methyl sites for hydroxylation is 3. The van der Waals surface area contributed by atoms with Crippen LogP contribution in [0.2, 0.25) is 12.6 Å². The molecule has 0 amide bonds. The maximum absolute atomic E-state index is 2.59. The van der Waals surface area contributed by atoms with Gasteiger partial charge < -0.3 is 37.2 Å². The van der Waals surface area contributed by atoms with Gasteiger partial charge in [0.15, 0.2) is 0 Å². The Morgan fingerprint density at radius 2 is 1.43 bits per heavy atom. The molecule has 0 aliphatic carbocycles. The van der Waals surface area contributed by atoms with Crippen LogP contribution in [0.3, 0.4) is 0 Å². The quantitative estimate of drug-likeness (QED) is 0.259. The molecule has 0 aliphatic rings.